The van der Waals surface area contributed by atoms with E-state index < -0.39 is 0 Å². The molecule has 0 bridgehead atoms. The zero-order valence-corrected chi connectivity index (χ0v) is 16.4. The number of nitrogens with one attached hydrogen (secondary N) is 2. The molecule has 1 atom stereocenters. The van der Waals surface area contributed by atoms with Crippen molar-refractivity contribution in [3.63, 3.8) is 0 Å². The predicted octanol–water partition coefficient (Wildman–Crippen LogP) is 4.42. The Labute approximate surface area is 164 Å². The Morgan fingerprint density at radius 3 is 2.18 bits per heavy atom. The number of nitrogens with zero attached hydrogens (tertiary/aromatic N) is 2. The molecule has 0 aliphatic heterocycles. The van der Waals surface area contributed by atoms with E-state index in [9.17, 15) is 0 Å². The van der Waals surface area contributed by atoms with Gasteiger partial charge in [0.25, 0.3) is 0 Å². The third kappa shape index (κ3) is 4.43. The molecule has 1 unspecified atom stereocenters. The predicted molar refractivity (Wildman–Crippen MR) is 110 cm³/mol. The summed E-state index contributed by atoms with van der Waals surface area (Å²) in [6.07, 6.45) is 1.70. The number of rotatable bonds is 8. The molecule has 0 aliphatic rings. The van der Waals surface area contributed by atoms with Crippen molar-refractivity contribution in [1.82, 2.24) is 9.97 Å². The van der Waals surface area contributed by atoms with Gasteiger partial charge in [0.2, 0.25) is 11.7 Å². The molecule has 0 spiro atoms. The number of anilines is 3. The second kappa shape index (κ2) is 8.94. The van der Waals surface area contributed by atoms with E-state index in [-0.39, 0.29) is 6.04 Å². The molecule has 7 nitrogen and oxygen atoms in total. The van der Waals surface area contributed by atoms with Crippen LogP contribution in [0.5, 0.6) is 17.2 Å². The summed E-state index contributed by atoms with van der Waals surface area (Å²) in [5.41, 5.74) is 1.92. The number of ether oxygens (including phenoxy) is 3. The van der Waals surface area contributed by atoms with Crippen LogP contribution in [-0.4, -0.2) is 31.3 Å². The van der Waals surface area contributed by atoms with E-state index in [0.717, 1.165) is 11.3 Å². The first-order chi connectivity index (χ1) is 13.6. The maximum Gasteiger partial charge on any atom is 0.225 e. The topological polar surface area (TPSA) is 77.5 Å². The van der Waals surface area contributed by atoms with Gasteiger partial charge in [0.15, 0.2) is 11.5 Å². The molecule has 0 radical (unpaired) electrons. The third-order valence-electron chi connectivity index (χ3n) is 4.24. The summed E-state index contributed by atoms with van der Waals surface area (Å²) in [6.45, 7) is 2.07. The van der Waals surface area contributed by atoms with Crippen LogP contribution in [0.1, 0.15) is 18.5 Å². The van der Waals surface area contributed by atoms with Gasteiger partial charge in [-0.15, -0.1) is 0 Å². The average Bonchev–Trinajstić information content (AvgIpc) is 2.73. The number of hydrogen-bond donors (Lipinski definition) is 2. The van der Waals surface area contributed by atoms with Crippen molar-refractivity contribution in [2.75, 3.05) is 32.0 Å². The van der Waals surface area contributed by atoms with E-state index in [0.29, 0.717) is 29.0 Å². The first kappa shape index (κ1) is 19.3. The molecule has 0 saturated heterocycles. The summed E-state index contributed by atoms with van der Waals surface area (Å²) in [5, 5.41) is 6.57. The molecule has 0 fully saturated rings. The molecule has 3 aromatic rings. The van der Waals surface area contributed by atoms with Crippen LogP contribution in [0.15, 0.2) is 54.7 Å². The van der Waals surface area contributed by atoms with Crippen LogP contribution < -0.4 is 24.8 Å². The maximum atomic E-state index is 5.39. The Morgan fingerprint density at radius 1 is 0.893 bits per heavy atom. The second-order valence-corrected chi connectivity index (χ2v) is 6.08. The van der Waals surface area contributed by atoms with Crippen LogP contribution in [0, 0.1) is 0 Å². The highest BCUT2D eigenvalue weighted by Gasteiger charge is 2.14. The van der Waals surface area contributed by atoms with E-state index in [1.807, 2.05) is 30.3 Å². The lowest BCUT2D eigenvalue weighted by molar-refractivity contribution is 0.324. The molecule has 1 aromatic heterocycles. The van der Waals surface area contributed by atoms with Gasteiger partial charge >= 0.3 is 0 Å². The van der Waals surface area contributed by atoms with Gasteiger partial charge in [-0.3, -0.25) is 0 Å². The Kier molecular flexibility index (Phi) is 6.16. The maximum absolute atomic E-state index is 5.39. The Balaban J connectivity index is 1.79. The molecular weight excluding hydrogens is 356 g/mol. The normalized spacial score (nSPS) is 11.4. The van der Waals surface area contributed by atoms with Crippen LogP contribution in [-0.2, 0) is 0 Å². The van der Waals surface area contributed by atoms with Crippen molar-refractivity contribution in [1.29, 1.82) is 0 Å². The molecule has 28 heavy (non-hydrogen) atoms. The summed E-state index contributed by atoms with van der Waals surface area (Å²) in [6, 6.07) is 15.7. The number of aromatic nitrogens is 2. The highest BCUT2D eigenvalue weighted by atomic mass is 16.5. The van der Waals surface area contributed by atoms with Gasteiger partial charge in [0.05, 0.1) is 27.4 Å². The van der Waals surface area contributed by atoms with E-state index in [1.165, 1.54) is 0 Å². The van der Waals surface area contributed by atoms with E-state index in [2.05, 4.69) is 39.7 Å². The molecule has 3 rings (SSSR count). The van der Waals surface area contributed by atoms with Gasteiger partial charge in [-0.25, -0.2) is 4.98 Å². The fourth-order valence-corrected chi connectivity index (χ4v) is 2.82. The molecule has 0 amide bonds. The molecule has 1 heterocycles. The molecule has 146 valence electrons. The standard InChI is InChI=1S/C21H24N4O3/c1-14(15-8-6-5-7-9-15)23-21-22-11-10-19(25-21)24-16-12-17(26-2)20(28-4)18(13-16)27-3/h5-14H,1-4H3,(H2,22,23,24,25). The Morgan fingerprint density at radius 2 is 1.57 bits per heavy atom. The number of hydrogen-bond acceptors (Lipinski definition) is 7. The lowest BCUT2D eigenvalue weighted by Crippen LogP contribution is -2.10. The van der Waals surface area contributed by atoms with E-state index in [1.54, 1.807) is 33.6 Å². The van der Waals surface area contributed by atoms with E-state index in [4.69, 9.17) is 14.2 Å². The fourth-order valence-electron chi connectivity index (χ4n) is 2.82. The minimum atomic E-state index is 0.0811. The molecule has 7 heteroatoms. The van der Waals surface area contributed by atoms with Gasteiger partial charge in [0.1, 0.15) is 5.82 Å². The highest BCUT2D eigenvalue weighted by molar-refractivity contribution is 5.66. The molecule has 2 aromatic carbocycles. The van der Waals surface area contributed by atoms with Crippen molar-refractivity contribution in [2.24, 2.45) is 0 Å². The quantitative estimate of drug-likeness (QED) is 0.599. The van der Waals surface area contributed by atoms with Gasteiger partial charge in [-0.05, 0) is 18.6 Å². The van der Waals surface area contributed by atoms with Crippen molar-refractivity contribution >= 4 is 17.5 Å². The lowest BCUT2D eigenvalue weighted by Gasteiger charge is -2.16. The van der Waals surface area contributed by atoms with Gasteiger partial charge in [-0.2, -0.15) is 4.98 Å². The monoisotopic (exact) mass is 380 g/mol. The third-order valence-corrected chi connectivity index (χ3v) is 4.24. The second-order valence-electron chi connectivity index (χ2n) is 6.08. The van der Waals surface area contributed by atoms with Crippen molar-refractivity contribution < 1.29 is 14.2 Å². The lowest BCUT2D eigenvalue weighted by atomic mass is 10.1. The number of methoxy groups -OCH3 is 3. The largest absolute Gasteiger partial charge is 0.493 e. The summed E-state index contributed by atoms with van der Waals surface area (Å²) >= 11 is 0. The van der Waals surface area contributed by atoms with Gasteiger partial charge < -0.3 is 24.8 Å². The fraction of sp³-hybridized carbons (Fsp3) is 0.238. The zero-order chi connectivity index (χ0) is 19.9. The average molecular weight is 380 g/mol. The van der Waals surface area contributed by atoms with Gasteiger partial charge in [-0.1, -0.05) is 30.3 Å². The molecule has 0 aliphatic carbocycles. The van der Waals surface area contributed by atoms with E-state index >= 15 is 0 Å². The van der Waals surface area contributed by atoms with Crippen LogP contribution in [0.2, 0.25) is 0 Å². The van der Waals surface area contributed by atoms with Crippen LogP contribution in [0.3, 0.4) is 0 Å². The zero-order valence-electron chi connectivity index (χ0n) is 16.4. The first-order valence-corrected chi connectivity index (χ1v) is 8.86. The van der Waals surface area contributed by atoms with Crippen molar-refractivity contribution in [2.45, 2.75) is 13.0 Å². The highest BCUT2D eigenvalue weighted by Crippen LogP contribution is 2.40. The summed E-state index contributed by atoms with van der Waals surface area (Å²) < 4.78 is 16.1. The summed E-state index contributed by atoms with van der Waals surface area (Å²) in [5.74, 6) is 2.85. The minimum Gasteiger partial charge on any atom is -0.493 e. The Bertz CT molecular complexity index is 894. The molecular formula is C21H24N4O3. The molecule has 2 N–H and O–H groups in total. The number of benzene rings is 2. The summed E-state index contributed by atoms with van der Waals surface area (Å²) in [4.78, 5) is 8.85. The van der Waals surface area contributed by atoms with Crippen molar-refractivity contribution in [3.8, 4) is 17.2 Å². The van der Waals surface area contributed by atoms with Gasteiger partial charge in [0, 0.05) is 24.0 Å². The van der Waals surface area contributed by atoms with Crippen LogP contribution >= 0.6 is 0 Å². The Hall–Kier alpha value is -3.48. The smallest absolute Gasteiger partial charge is 0.225 e. The first-order valence-electron chi connectivity index (χ1n) is 8.86. The SMILES string of the molecule is COc1cc(Nc2ccnc(NC(C)c3ccccc3)n2)cc(OC)c1OC. The van der Waals surface area contributed by atoms with Crippen LogP contribution in [0.25, 0.3) is 0 Å². The summed E-state index contributed by atoms with van der Waals surface area (Å²) in [7, 11) is 4.74. The van der Waals surface area contributed by atoms with Crippen LogP contribution in [0.4, 0.5) is 17.5 Å². The van der Waals surface area contributed by atoms with Crippen molar-refractivity contribution in [3.05, 3.63) is 60.3 Å². The molecule has 0 saturated carbocycles. The minimum absolute atomic E-state index is 0.0811.